The van der Waals surface area contributed by atoms with Crippen LogP contribution in [-0.4, -0.2) is 36.9 Å². The largest absolute Gasteiger partial charge is 0.475 e. The highest BCUT2D eigenvalue weighted by Crippen LogP contribution is 2.28. The van der Waals surface area contributed by atoms with E-state index in [4.69, 9.17) is 9.52 Å². The van der Waals surface area contributed by atoms with Crippen molar-refractivity contribution >= 4 is 16.0 Å². The molecule has 1 aromatic heterocycles. The third-order valence-electron chi connectivity index (χ3n) is 4.06. The van der Waals surface area contributed by atoms with E-state index in [1.54, 1.807) is 0 Å². The third-order valence-corrected chi connectivity index (χ3v) is 5.83. The molecule has 1 fully saturated rings. The van der Waals surface area contributed by atoms with Gasteiger partial charge in [0.2, 0.25) is 10.9 Å². The maximum Gasteiger partial charge on any atom is 0.371 e. The lowest BCUT2D eigenvalue weighted by Crippen LogP contribution is -2.32. The molecule has 2 rings (SSSR count). The predicted molar refractivity (Wildman–Crippen MR) is 76.6 cm³/mol. The molecule has 1 aliphatic heterocycles. The Labute approximate surface area is 124 Å². The Balaban J connectivity index is 2.17. The zero-order valence-corrected chi connectivity index (χ0v) is 13.1. The van der Waals surface area contributed by atoms with E-state index in [0.29, 0.717) is 24.9 Å². The molecule has 0 bridgehead atoms. The molecular weight excluding hydrogens is 294 g/mol. The summed E-state index contributed by atoms with van der Waals surface area (Å²) in [6, 6.07) is 2.38. The number of carboxylic acids is 1. The molecule has 1 N–H and O–H groups in total. The van der Waals surface area contributed by atoms with E-state index in [-0.39, 0.29) is 10.9 Å². The average Bonchev–Trinajstić information content (AvgIpc) is 2.77. The van der Waals surface area contributed by atoms with Gasteiger partial charge in [0.25, 0.3) is 10.0 Å². The lowest BCUT2D eigenvalue weighted by Gasteiger charge is -2.20. The second kappa shape index (κ2) is 6.19. The van der Waals surface area contributed by atoms with Gasteiger partial charge in [-0.3, -0.25) is 0 Å². The van der Waals surface area contributed by atoms with Crippen molar-refractivity contribution in [2.45, 2.75) is 38.2 Å². The molecule has 6 nitrogen and oxygen atoms in total. The summed E-state index contributed by atoms with van der Waals surface area (Å²) < 4.78 is 31.3. The first-order valence-corrected chi connectivity index (χ1v) is 8.59. The highest BCUT2D eigenvalue weighted by atomic mass is 32.2. The third kappa shape index (κ3) is 3.47. The molecule has 1 aromatic rings. The van der Waals surface area contributed by atoms with Gasteiger partial charge in [0, 0.05) is 13.1 Å². The smallest absolute Gasteiger partial charge is 0.371 e. The Morgan fingerprint density at radius 1 is 1.33 bits per heavy atom. The summed E-state index contributed by atoms with van der Waals surface area (Å²) in [5, 5.41) is 8.52. The summed E-state index contributed by atoms with van der Waals surface area (Å²) in [6.45, 7) is 5.21. The minimum Gasteiger partial charge on any atom is -0.475 e. The van der Waals surface area contributed by atoms with Crippen molar-refractivity contribution in [2.24, 2.45) is 11.8 Å². The van der Waals surface area contributed by atoms with E-state index in [0.717, 1.165) is 19.3 Å². The number of nitrogens with zero attached hydrogens (tertiary/aromatic N) is 1. The summed E-state index contributed by atoms with van der Waals surface area (Å²) in [5.74, 6) is -0.568. The summed E-state index contributed by atoms with van der Waals surface area (Å²) >= 11 is 0. The number of carboxylic acid groups (broad SMARTS) is 1. The molecule has 1 atom stereocenters. The Bertz CT molecular complexity index is 605. The molecule has 1 saturated heterocycles. The molecule has 0 saturated carbocycles. The van der Waals surface area contributed by atoms with Crippen LogP contribution in [0.4, 0.5) is 0 Å². The highest BCUT2D eigenvalue weighted by molar-refractivity contribution is 7.89. The monoisotopic (exact) mass is 315 g/mol. The van der Waals surface area contributed by atoms with Crippen molar-refractivity contribution in [1.82, 2.24) is 4.31 Å². The van der Waals surface area contributed by atoms with Gasteiger partial charge in [-0.1, -0.05) is 13.8 Å². The van der Waals surface area contributed by atoms with E-state index in [9.17, 15) is 13.2 Å². The summed E-state index contributed by atoms with van der Waals surface area (Å²) in [4.78, 5) is 10.8. The number of hydrogen-bond donors (Lipinski definition) is 1. The molecule has 1 unspecified atom stereocenters. The van der Waals surface area contributed by atoms with E-state index in [1.165, 1.54) is 16.4 Å². The van der Waals surface area contributed by atoms with Gasteiger partial charge in [-0.05, 0) is 43.2 Å². The van der Waals surface area contributed by atoms with E-state index in [1.807, 2.05) is 0 Å². The van der Waals surface area contributed by atoms with Crippen molar-refractivity contribution < 1.29 is 22.7 Å². The van der Waals surface area contributed by atoms with Crippen LogP contribution in [0.5, 0.6) is 0 Å². The van der Waals surface area contributed by atoms with Gasteiger partial charge in [0.1, 0.15) is 0 Å². The van der Waals surface area contributed by atoms with Crippen molar-refractivity contribution in [1.29, 1.82) is 0 Å². The van der Waals surface area contributed by atoms with Gasteiger partial charge in [-0.25, -0.2) is 13.2 Å². The summed E-state index contributed by atoms with van der Waals surface area (Å²) in [5.41, 5.74) is 0. The number of carbonyl (C=O) groups is 1. The number of hydrogen-bond acceptors (Lipinski definition) is 4. The Morgan fingerprint density at radius 2 is 2.05 bits per heavy atom. The molecule has 1 aliphatic rings. The lowest BCUT2D eigenvalue weighted by atomic mass is 9.89. The van der Waals surface area contributed by atoms with Crippen LogP contribution < -0.4 is 0 Å². The fourth-order valence-electron chi connectivity index (χ4n) is 2.70. The van der Waals surface area contributed by atoms with Crippen molar-refractivity contribution in [3.8, 4) is 0 Å². The van der Waals surface area contributed by atoms with Crippen LogP contribution in [-0.2, 0) is 10.0 Å². The van der Waals surface area contributed by atoms with E-state index < -0.39 is 16.0 Å². The molecule has 2 heterocycles. The molecule has 21 heavy (non-hydrogen) atoms. The molecule has 0 spiro atoms. The maximum atomic E-state index is 12.5. The number of rotatable bonds is 4. The highest BCUT2D eigenvalue weighted by Gasteiger charge is 2.31. The first kappa shape index (κ1) is 16.0. The van der Waals surface area contributed by atoms with Gasteiger partial charge in [0.05, 0.1) is 0 Å². The van der Waals surface area contributed by atoms with Crippen molar-refractivity contribution in [3.63, 3.8) is 0 Å². The van der Waals surface area contributed by atoms with Gasteiger partial charge in [-0.15, -0.1) is 0 Å². The Morgan fingerprint density at radius 3 is 2.62 bits per heavy atom. The van der Waals surface area contributed by atoms with Crippen LogP contribution in [0.2, 0.25) is 0 Å². The SMILES string of the molecule is CC(C)C1CCCN(S(=O)(=O)c2ccc(C(=O)O)o2)CC1. The molecular formula is C14H21NO5S. The van der Waals surface area contributed by atoms with Gasteiger partial charge in [0.15, 0.2) is 0 Å². The van der Waals surface area contributed by atoms with Gasteiger partial charge < -0.3 is 9.52 Å². The lowest BCUT2D eigenvalue weighted by molar-refractivity contribution is 0.0656. The van der Waals surface area contributed by atoms with Crippen LogP contribution in [0.25, 0.3) is 0 Å². The predicted octanol–water partition coefficient (Wildman–Crippen LogP) is 2.42. The normalized spacial score (nSPS) is 21.4. The molecule has 0 aliphatic carbocycles. The second-order valence-electron chi connectivity index (χ2n) is 5.76. The summed E-state index contributed by atoms with van der Waals surface area (Å²) in [7, 11) is -3.74. The van der Waals surface area contributed by atoms with E-state index >= 15 is 0 Å². The second-order valence-corrected chi connectivity index (χ2v) is 7.63. The van der Waals surface area contributed by atoms with Crippen molar-refractivity contribution in [2.75, 3.05) is 13.1 Å². The zero-order chi connectivity index (χ0) is 15.6. The van der Waals surface area contributed by atoms with Crippen LogP contribution in [0.15, 0.2) is 21.6 Å². The number of furan rings is 1. The van der Waals surface area contributed by atoms with E-state index in [2.05, 4.69) is 13.8 Å². The Kier molecular flexibility index (Phi) is 4.73. The van der Waals surface area contributed by atoms with Crippen LogP contribution in [0, 0.1) is 11.8 Å². The average molecular weight is 315 g/mol. The molecule has 7 heteroatoms. The van der Waals surface area contributed by atoms with Crippen LogP contribution in [0.1, 0.15) is 43.7 Å². The quantitative estimate of drug-likeness (QED) is 0.922. The Hall–Kier alpha value is -1.34. The number of aromatic carboxylic acids is 1. The zero-order valence-electron chi connectivity index (χ0n) is 12.3. The van der Waals surface area contributed by atoms with Gasteiger partial charge >= 0.3 is 5.97 Å². The fraction of sp³-hybridized carbons (Fsp3) is 0.643. The van der Waals surface area contributed by atoms with Gasteiger partial charge in [-0.2, -0.15) is 4.31 Å². The minimum atomic E-state index is -3.74. The van der Waals surface area contributed by atoms with Crippen molar-refractivity contribution in [3.05, 3.63) is 17.9 Å². The molecule has 0 aromatic carbocycles. The standard InChI is InChI=1S/C14H21NO5S/c1-10(2)11-4-3-8-15(9-7-11)21(18,19)13-6-5-12(20-13)14(16)17/h5-6,10-11H,3-4,7-9H2,1-2H3,(H,16,17). The topological polar surface area (TPSA) is 87.8 Å². The first-order valence-electron chi connectivity index (χ1n) is 7.15. The minimum absolute atomic E-state index is 0.289. The van der Waals surface area contributed by atoms with Crippen LogP contribution in [0.3, 0.4) is 0 Å². The number of sulfonamides is 1. The van der Waals surface area contributed by atoms with Crippen LogP contribution >= 0.6 is 0 Å². The molecule has 0 radical (unpaired) electrons. The first-order chi connectivity index (χ1) is 9.82. The molecule has 0 amide bonds. The summed E-state index contributed by atoms with van der Waals surface area (Å²) in [6.07, 6.45) is 2.65. The maximum absolute atomic E-state index is 12.5. The fourth-order valence-corrected chi connectivity index (χ4v) is 4.11. The molecule has 118 valence electrons.